The molecule has 0 aliphatic carbocycles. The number of aryl methyl sites for hydroxylation is 1. The van der Waals surface area contributed by atoms with Gasteiger partial charge in [-0.25, -0.2) is 9.59 Å². The van der Waals surface area contributed by atoms with Crippen molar-refractivity contribution in [1.82, 2.24) is 24.4 Å². The Morgan fingerprint density at radius 2 is 1.84 bits per heavy atom. The molecule has 0 bridgehead atoms. The van der Waals surface area contributed by atoms with Crippen molar-refractivity contribution in [1.29, 1.82) is 0 Å². The van der Waals surface area contributed by atoms with Gasteiger partial charge in [0.15, 0.2) is 0 Å². The average molecular weight is 439 g/mol. The molecule has 0 radical (unpaired) electrons. The number of alkyl halides is 3. The standard InChI is InChI=1S/C18H16F3N5O5/c19-18(20,21)31-13-4-2-1-3-11(13)10-23-15(28)12-9-14(27)26(17(30)24-12)8-7-25-6-5-22-16(25)29/h1-6,9H,7-8,10H2,(H,22,29)(H,23,28)(H,24,30). The van der Waals surface area contributed by atoms with E-state index >= 15 is 0 Å². The summed E-state index contributed by atoms with van der Waals surface area (Å²) in [5.74, 6) is -1.36. The number of halogens is 3. The zero-order chi connectivity index (χ0) is 22.6. The van der Waals surface area contributed by atoms with Crippen molar-refractivity contribution in [3.63, 3.8) is 0 Å². The number of hydrogen-bond donors (Lipinski definition) is 3. The van der Waals surface area contributed by atoms with Crippen LogP contribution in [0.3, 0.4) is 0 Å². The second-order valence-electron chi connectivity index (χ2n) is 6.27. The van der Waals surface area contributed by atoms with Crippen LogP contribution in [0.15, 0.2) is 57.1 Å². The Morgan fingerprint density at radius 3 is 2.48 bits per heavy atom. The van der Waals surface area contributed by atoms with E-state index < -0.39 is 35.0 Å². The van der Waals surface area contributed by atoms with Gasteiger partial charge in [-0.2, -0.15) is 0 Å². The highest BCUT2D eigenvalue weighted by Gasteiger charge is 2.32. The fraction of sp³-hybridized carbons (Fsp3) is 0.222. The zero-order valence-electron chi connectivity index (χ0n) is 15.7. The molecule has 13 heteroatoms. The number of carbonyl (C=O) groups excluding carboxylic acids is 1. The molecule has 3 N–H and O–H groups in total. The Kier molecular flexibility index (Phi) is 6.13. The first-order chi connectivity index (χ1) is 14.6. The molecule has 164 valence electrons. The lowest BCUT2D eigenvalue weighted by atomic mass is 10.2. The molecule has 0 spiro atoms. The largest absolute Gasteiger partial charge is 0.573 e. The molecule has 2 aromatic heterocycles. The van der Waals surface area contributed by atoms with Crippen molar-refractivity contribution >= 4 is 5.91 Å². The average Bonchev–Trinajstić information content (AvgIpc) is 3.10. The molecule has 0 unspecified atom stereocenters. The lowest BCUT2D eigenvalue weighted by molar-refractivity contribution is -0.274. The highest BCUT2D eigenvalue weighted by Crippen LogP contribution is 2.26. The third kappa shape index (κ3) is 5.52. The SMILES string of the molecule is O=C(NCc1ccccc1OC(F)(F)F)c1cc(=O)n(CCn2cc[nH]c2=O)c(=O)[nH]1. The van der Waals surface area contributed by atoms with Crippen molar-refractivity contribution in [3.8, 4) is 5.75 Å². The molecule has 3 aromatic rings. The highest BCUT2D eigenvalue weighted by molar-refractivity contribution is 5.92. The van der Waals surface area contributed by atoms with Gasteiger partial charge in [-0.05, 0) is 6.07 Å². The van der Waals surface area contributed by atoms with E-state index in [4.69, 9.17) is 0 Å². The summed E-state index contributed by atoms with van der Waals surface area (Å²) in [4.78, 5) is 52.8. The normalized spacial score (nSPS) is 11.3. The van der Waals surface area contributed by atoms with Gasteiger partial charge in [0, 0.05) is 43.7 Å². The third-order valence-corrected chi connectivity index (χ3v) is 4.19. The van der Waals surface area contributed by atoms with Crippen molar-refractivity contribution in [2.45, 2.75) is 26.0 Å². The quantitative estimate of drug-likeness (QED) is 0.495. The number of ether oxygens (including phenoxy) is 1. The lowest BCUT2D eigenvalue weighted by Crippen LogP contribution is -2.39. The summed E-state index contributed by atoms with van der Waals surface area (Å²) in [5, 5.41) is 2.32. The van der Waals surface area contributed by atoms with Crippen molar-refractivity contribution in [2.75, 3.05) is 0 Å². The van der Waals surface area contributed by atoms with Gasteiger partial charge in [0.25, 0.3) is 11.5 Å². The molecule has 0 fully saturated rings. The molecule has 0 saturated heterocycles. The zero-order valence-corrected chi connectivity index (χ0v) is 15.7. The number of aromatic nitrogens is 4. The molecule has 0 aliphatic heterocycles. The molecule has 0 aliphatic rings. The van der Waals surface area contributed by atoms with Crippen LogP contribution in [0.2, 0.25) is 0 Å². The maximum absolute atomic E-state index is 12.5. The molecule has 31 heavy (non-hydrogen) atoms. The number of H-pyrrole nitrogens is 2. The third-order valence-electron chi connectivity index (χ3n) is 4.19. The van der Waals surface area contributed by atoms with Gasteiger partial charge in [-0.1, -0.05) is 18.2 Å². The first-order valence-electron chi connectivity index (χ1n) is 8.84. The number of benzene rings is 1. The van der Waals surface area contributed by atoms with Crippen molar-refractivity contribution in [3.05, 3.63) is 85.3 Å². The van der Waals surface area contributed by atoms with Gasteiger partial charge >= 0.3 is 17.7 Å². The fourth-order valence-electron chi connectivity index (χ4n) is 2.73. The van der Waals surface area contributed by atoms with Crippen LogP contribution in [0.25, 0.3) is 0 Å². The van der Waals surface area contributed by atoms with E-state index in [1.54, 1.807) is 0 Å². The fourth-order valence-corrected chi connectivity index (χ4v) is 2.73. The number of carbonyl (C=O) groups is 1. The number of amides is 1. The molecule has 3 rings (SSSR count). The second kappa shape index (κ2) is 8.77. The Labute approximate surface area is 170 Å². The van der Waals surface area contributed by atoms with Gasteiger partial charge < -0.3 is 20.0 Å². The number of imidazole rings is 1. The summed E-state index contributed by atoms with van der Waals surface area (Å²) in [7, 11) is 0. The van der Waals surface area contributed by atoms with E-state index in [-0.39, 0.29) is 30.9 Å². The monoisotopic (exact) mass is 439 g/mol. The Morgan fingerprint density at radius 1 is 1.10 bits per heavy atom. The summed E-state index contributed by atoms with van der Waals surface area (Å²) in [5.41, 5.74) is -2.38. The summed E-state index contributed by atoms with van der Waals surface area (Å²) >= 11 is 0. The molecular weight excluding hydrogens is 423 g/mol. The first kappa shape index (κ1) is 21.7. The van der Waals surface area contributed by atoms with E-state index in [0.717, 1.165) is 16.7 Å². The van der Waals surface area contributed by atoms with Gasteiger partial charge in [-0.15, -0.1) is 13.2 Å². The highest BCUT2D eigenvalue weighted by atomic mass is 19.4. The lowest BCUT2D eigenvalue weighted by Gasteiger charge is -2.13. The summed E-state index contributed by atoms with van der Waals surface area (Å²) in [6.45, 7) is -0.407. The number of hydrogen-bond acceptors (Lipinski definition) is 5. The summed E-state index contributed by atoms with van der Waals surface area (Å²) in [6, 6.07) is 6.10. The van der Waals surface area contributed by atoms with Crippen LogP contribution in [0, 0.1) is 0 Å². The van der Waals surface area contributed by atoms with Crippen LogP contribution in [0.1, 0.15) is 16.1 Å². The number of para-hydroxylation sites is 1. The second-order valence-corrected chi connectivity index (χ2v) is 6.27. The molecule has 0 saturated carbocycles. The van der Waals surface area contributed by atoms with E-state index in [0.29, 0.717) is 0 Å². The van der Waals surface area contributed by atoms with Gasteiger partial charge in [0.05, 0.1) is 0 Å². The molecule has 1 amide bonds. The minimum absolute atomic E-state index is 0.0424. The minimum Gasteiger partial charge on any atom is -0.405 e. The van der Waals surface area contributed by atoms with Crippen LogP contribution < -0.4 is 27.0 Å². The topological polar surface area (TPSA) is 131 Å². The molecule has 0 atom stereocenters. The smallest absolute Gasteiger partial charge is 0.405 e. The predicted molar refractivity (Wildman–Crippen MR) is 101 cm³/mol. The molecular formula is C18H16F3N5O5. The van der Waals surface area contributed by atoms with Crippen molar-refractivity contribution < 1.29 is 22.7 Å². The number of nitrogens with zero attached hydrogens (tertiary/aromatic N) is 2. The number of rotatable bonds is 7. The Balaban J connectivity index is 1.70. The van der Waals surface area contributed by atoms with E-state index in [9.17, 15) is 32.3 Å². The maximum atomic E-state index is 12.5. The van der Waals surface area contributed by atoms with Crippen LogP contribution >= 0.6 is 0 Å². The van der Waals surface area contributed by atoms with Crippen molar-refractivity contribution in [2.24, 2.45) is 0 Å². The molecule has 1 aromatic carbocycles. The van der Waals surface area contributed by atoms with E-state index in [1.807, 2.05) is 0 Å². The van der Waals surface area contributed by atoms with Gasteiger partial charge in [0.2, 0.25) is 0 Å². The molecule has 2 heterocycles. The van der Waals surface area contributed by atoms with Gasteiger partial charge in [-0.3, -0.25) is 18.7 Å². The van der Waals surface area contributed by atoms with E-state index in [2.05, 4.69) is 20.0 Å². The van der Waals surface area contributed by atoms with E-state index in [1.165, 1.54) is 35.2 Å². The maximum Gasteiger partial charge on any atom is 0.573 e. The Bertz CT molecular complexity index is 1220. The first-order valence-corrected chi connectivity index (χ1v) is 8.84. The Hall–Kier alpha value is -4.03. The van der Waals surface area contributed by atoms with Gasteiger partial charge in [0.1, 0.15) is 11.4 Å². The van der Waals surface area contributed by atoms with Crippen LogP contribution in [0.4, 0.5) is 13.2 Å². The number of nitrogens with one attached hydrogen (secondary N) is 3. The van der Waals surface area contributed by atoms with Crippen LogP contribution in [-0.2, 0) is 19.6 Å². The van der Waals surface area contributed by atoms with Crippen LogP contribution in [0.5, 0.6) is 5.75 Å². The number of aromatic amines is 2. The summed E-state index contributed by atoms with van der Waals surface area (Å²) < 4.78 is 43.4. The summed E-state index contributed by atoms with van der Waals surface area (Å²) in [6.07, 6.45) is -2.05. The molecule has 10 nitrogen and oxygen atoms in total. The minimum atomic E-state index is -4.90. The van der Waals surface area contributed by atoms with Crippen LogP contribution in [-0.4, -0.2) is 31.4 Å². The predicted octanol–water partition coefficient (Wildman–Crippen LogP) is 0.555.